The highest BCUT2D eigenvalue weighted by Gasteiger charge is 2.07. The van der Waals surface area contributed by atoms with Crippen molar-refractivity contribution >= 4 is 11.1 Å². The minimum atomic E-state index is -0.334. The molecule has 0 saturated carbocycles. The van der Waals surface area contributed by atoms with E-state index in [0.717, 1.165) is 11.3 Å². The molecular formula is C15H11NO2. The van der Waals surface area contributed by atoms with Gasteiger partial charge in [-0.25, -0.2) is 9.78 Å². The third-order valence-electron chi connectivity index (χ3n) is 2.81. The molecule has 3 aromatic rings. The molecular weight excluding hydrogens is 226 g/mol. The van der Waals surface area contributed by atoms with Crippen LogP contribution in [0, 0.1) is 6.92 Å². The summed E-state index contributed by atoms with van der Waals surface area (Å²) in [6, 6.07) is 14.8. The van der Waals surface area contributed by atoms with Crippen molar-refractivity contribution in [2.24, 2.45) is 0 Å². The molecule has 0 aliphatic heterocycles. The van der Waals surface area contributed by atoms with E-state index in [4.69, 9.17) is 4.42 Å². The lowest BCUT2D eigenvalue weighted by molar-refractivity contribution is 0.562. The second-order valence-electron chi connectivity index (χ2n) is 4.15. The van der Waals surface area contributed by atoms with Gasteiger partial charge in [0.25, 0.3) is 0 Å². The topological polar surface area (TPSA) is 43.1 Å². The third-order valence-corrected chi connectivity index (χ3v) is 2.81. The minimum Gasteiger partial charge on any atom is -0.421 e. The van der Waals surface area contributed by atoms with Crippen LogP contribution >= 0.6 is 0 Å². The predicted molar refractivity (Wildman–Crippen MR) is 70.5 cm³/mol. The highest BCUT2D eigenvalue weighted by molar-refractivity contribution is 5.78. The quantitative estimate of drug-likeness (QED) is 0.653. The molecule has 0 bridgehead atoms. The summed E-state index contributed by atoms with van der Waals surface area (Å²) in [7, 11) is 0. The molecule has 0 spiro atoms. The van der Waals surface area contributed by atoms with Crippen LogP contribution < -0.4 is 5.63 Å². The van der Waals surface area contributed by atoms with Gasteiger partial charge in [-0.15, -0.1) is 0 Å². The zero-order valence-corrected chi connectivity index (χ0v) is 9.88. The number of benzene rings is 1. The molecule has 2 aromatic heterocycles. The van der Waals surface area contributed by atoms with E-state index in [0.29, 0.717) is 16.7 Å². The molecule has 0 radical (unpaired) electrons. The number of aryl methyl sites for hydroxylation is 1. The largest absolute Gasteiger partial charge is 0.421 e. The molecule has 18 heavy (non-hydrogen) atoms. The Kier molecular flexibility index (Phi) is 2.45. The Labute approximate surface area is 104 Å². The first-order valence-electron chi connectivity index (χ1n) is 5.71. The van der Waals surface area contributed by atoms with Crippen LogP contribution in [0.3, 0.4) is 0 Å². The number of hydrogen-bond donors (Lipinski definition) is 0. The molecule has 3 nitrogen and oxygen atoms in total. The number of hydrogen-bond acceptors (Lipinski definition) is 3. The lowest BCUT2D eigenvalue weighted by Crippen LogP contribution is -2.03. The minimum absolute atomic E-state index is 0.334. The van der Waals surface area contributed by atoms with E-state index in [1.807, 2.05) is 43.3 Å². The number of nitrogens with zero attached hydrogens (tertiary/aromatic N) is 1. The van der Waals surface area contributed by atoms with Crippen molar-refractivity contribution in [1.82, 2.24) is 4.98 Å². The molecule has 0 aliphatic rings. The molecule has 0 atom stereocenters. The Morgan fingerprint density at radius 1 is 1.06 bits per heavy atom. The predicted octanol–water partition coefficient (Wildman–Crippen LogP) is 3.16. The molecule has 0 saturated heterocycles. The van der Waals surface area contributed by atoms with E-state index in [9.17, 15) is 4.79 Å². The summed E-state index contributed by atoms with van der Waals surface area (Å²) in [5.41, 5.74) is 3.17. The molecule has 0 aliphatic carbocycles. The number of rotatable bonds is 1. The van der Waals surface area contributed by atoms with Crippen molar-refractivity contribution in [1.29, 1.82) is 0 Å². The van der Waals surface area contributed by atoms with Crippen molar-refractivity contribution in [3.05, 3.63) is 64.6 Å². The zero-order valence-electron chi connectivity index (χ0n) is 9.88. The van der Waals surface area contributed by atoms with E-state index in [-0.39, 0.29) is 5.63 Å². The first-order chi connectivity index (χ1) is 8.74. The summed E-state index contributed by atoms with van der Waals surface area (Å²) < 4.78 is 5.28. The second-order valence-corrected chi connectivity index (χ2v) is 4.15. The SMILES string of the molecule is Cc1ccc2oc(=O)c(-c3ccccc3)cc2n1. The van der Waals surface area contributed by atoms with E-state index in [2.05, 4.69) is 4.98 Å². The van der Waals surface area contributed by atoms with Gasteiger partial charge in [-0.05, 0) is 30.7 Å². The molecule has 2 heterocycles. The van der Waals surface area contributed by atoms with Crippen LogP contribution in [0.5, 0.6) is 0 Å². The van der Waals surface area contributed by atoms with Crippen LogP contribution in [0.2, 0.25) is 0 Å². The lowest BCUT2D eigenvalue weighted by atomic mass is 10.1. The Hall–Kier alpha value is -2.42. The van der Waals surface area contributed by atoms with Crippen LogP contribution in [0.4, 0.5) is 0 Å². The second kappa shape index (κ2) is 4.11. The van der Waals surface area contributed by atoms with Gasteiger partial charge in [-0.1, -0.05) is 30.3 Å². The van der Waals surface area contributed by atoms with E-state index in [1.165, 1.54) is 0 Å². The Balaban J connectivity index is 2.31. The maximum absolute atomic E-state index is 11.9. The summed E-state index contributed by atoms with van der Waals surface area (Å²) in [4.78, 5) is 16.3. The summed E-state index contributed by atoms with van der Waals surface area (Å²) in [6.45, 7) is 1.91. The van der Waals surface area contributed by atoms with E-state index >= 15 is 0 Å². The lowest BCUT2D eigenvalue weighted by Gasteiger charge is -2.02. The molecule has 0 N–H and O–H groups in total. The molecule has 1 aromatic carbocycles. The summed E-state index contributed by atoms with van der Waals surface area (Å²) >= 11 is 0. The van der Waals surface area contributed by atoms with Gasteiger partial charge in [0.15, 0.2) is 5.58 Å². The van der Waals surface area contributed by atoms with Crippen LogP contribution in [0.1, 0.15) is 5.69 Å². The van der Waals surface area contributed by atoms with Crippen molar-refractivity contribution in [3.8, 4) is 11.1 Å². The van der Waals surface area contributed by atoms with Crippen LogP contribution in [0.15, 0.2) is 57.7 Å². The first kappa shape index (κ1) is 10.7. The number of fused-ring (bicyclic) bond motifs is 1. The fraction of sp³-hybridized carbons (Fsp3) is 0.0667. The monoisotopic (exact) mass is 237 g/mol. The average Bonchev–Trinajstić information content (AvgIpc) is 2.39. The van der Waals surface area contributed by atoms with Gasteiger partial charge in [-0.3, -0.25) is 0 Å². The summed E-state index contributed by atoms with van der Waals surface area (Å²) in [5, 5.41) is 0. The Bertz CT molecular complexity index is 760. The van der Waals surface area contributed by atoms with Crippen LogP contribution in [0.25, 0.3) is 22.2 Å². The highest BCUT2D eigenvalue weighted by atomic mass is 16.4. The van der Waals surface area contributed by atoms with Crippen molar-refractivity contribution in [2.45, 2.75) is 6.92 Å². The smallest absolute Gasteiger partial charge is 0.344 e. The number of pyridine rings is 1. The zero-order chi connectivity index (χ0) is 12.5. The molecule has 0 amide bonds. The average molecular weight is 237 g/mol. The fourth-order valence-corrected chi connectivity index (χ4v) is 1.92. The van der Waals surface area contributed by atoms with Crippen molar-refractivity contribution in [3.63, 3.8) is 0 Å². The highest BCUT2D eigenvalue weighted by Crippen LogP contribution is 2.19. The van der Waals surface area contributed by atoms with Crippen molar-refractivity contribution < 1.29 is 4.42 Å². The third kappa shape index (κ3) is 1.80. The summed E-state index contributed by atoms with van der Waals surface area (Å²) in [5.74, 6) is 0. The maximum atomic E-state index is 11.9. The van der Waals surface area contributed by atoms with E-state index < -0.39 is 0 Å². The van der Waals surface area contributed by atoms with Crippen LogP contribution in [-0.4, -0.2) is 4.98 Å². The molecule has 0 fully saturated rings. The van der Waals surface area contributed by atoms with Crippen LogP contribution in [-0.2, 0) is 0 Å². The van der Waals surface area contributed by atoms with Crippen molar-refractivity contribution in [2.75, 3.05) is 0 Å². The van der Waals surface area contributed by atoms with Gasteiger partial charge < -0.3 is 4.42 Å². The van der Waals surface area contributed by atoms with Gasteiger partial charge in [0.05, 0.1) is 5.56 Å². The van der Waals surface area contributed by atoms with Gasteiger partial charge in [0.2, 0.25) is 0 Å². The maximum Gasteiger partial charge on any atom is 0.344 e. The Morgan fingerprint density at radius 2 is 1.83 bits per heavy atom. The van der Waals surface area contributed by atoms with Gasteiger partial charge >= 0.3 is 5.63 Å². The number of aromatic nitrogens is 1. The standard InChI is InChI=1S/C15H11NO2/c1-10-7-8-14-13(16-10)9-12(15(17)18-14)11-5-3-2-4-6-11/h2-9H,1H3. The van der Waals surface area contributed by atoms with Gasteiger partial charge in [-0.2, -0.15) is 0 Å². The summed E-state index contributed by atoms with van der Waals surface area (Å²) in [6.07, 6.45) is 0. The molecule has 88 valence electrons. The normalized spacial score (nSPS) is 10.7. The Morgan fingerprint density at radius 3 is 2.61 bits per heavy atom. The van der Waals surface area contributed by atoms with Gasteiger partial charge in [0, 0.05) is 5.69 Å². The van der Waals surface area contributed by atoms with E-state index in [1.54, 1.807) is 12.1 Å². The molecule has 0 unspecified atom stereocenters. The first-order valence-corrected chi connectivity index (χ1v) is 5.71. The molecule has 3 heteroatoms. The molecule has 3 rings (SSSR count). The fourth-order valence-electron chi connectivity index (χ4n) is 1.92. The van der Waals surface area contributed by atoms with Gasteiger partial charge in [0.1, 0.15) is 5.52 Å².